The molecule has 3 atom stereocenters. The van der Waals surface area contributed by atoms with Crippen LogP contribution in [0.1, 0.15) is 34.1 Å². The van der Waals surface area contributed by atoms with Crippen molar-refractivity contribution in [1.82, 2.24) is 9.03 Å². The summed E-state index contributed by atoms with van der Waals surface area (Å²) in [6.07, 6.45) is 1.03. The first-order chi connectivity index (χ1) is 8.76. The van der Waals surface area contributed by atoms with E-state index < -0.39 is 22.2 Å². The summed E-state index contributed by atoms with van der Waals surface area (Å²) >= 11 is 0. The Morgan fingerprint density at radius 1 is 1.37 bits per heavy atom. The van der Waals surface area contributed by atoms with Crippen molar-refractivity contribution in [3.05, 3.63) is 0 Å². The highest BCUT2D eigenvalue weighted by Gasteiger charge is 2.32. The van der Waals surface area contributed by atoms with E-state index >= 15 is 0 Å². The normalized spacial score (nSPS) is 26.9. The topological polar surface area (TPSA) is 75.7 Å². The largest absolute Gasteiger partial charge is 0.465 e. The molecule has 6 nitrogen and oxygen atoms in total. The fraction of sp³-hybridized carbons (Fsp3) is 0.917. The second-order valence-electron chi connectivity index (χ2n) is 5.36. The van der Waals surface area contributed by atoms with Gasteiger partial charge in [-0.25, -0.2) is 0 Å². The maximum absolute atomic E-state index is 12.2. The van der Waals surface area contributed by atoms with Crippen LogP contribution in [0.4, 0.5) is 0 Å². The van der Waals surface area contributed by atoms with Crippen LogP contribution in [0.25, 0.3) is 0 Å². The first kappa shape index (κ1) is 16.4. The van der Waals surface area contributed by atoms with Crippen LogP contribution < -0.4 is 4.72 Å². The molecular weight excluding hydrogens is 268 g/mol. The Kier molecular flexibility index (Phi) is 5.76. The summed E-state index contributed by atoms with van der Waals surface area (Å²) in [7, 11) is -3.63. The molecule has 1 heterocycles. The molecular formula is C12H24N2O4S. The van der Waals surface area contributed by atoms with E-state index in [1.165, 1.54) is 11.2 Å². The fourth-order valence-electron chi connectivity index (χ4n) is 2.42. The molecule has 1 rings (SSSR count). The maximum atomic E-state index is 12.2. The van der Waals surface area contributed by atoms with Crippen molar-refractivity contribution in [1.29, 1.82) is 0 Å². The van der Waals surface area contributed by atoms with Crippen molar-refractivity contribution >= 4 is 16.2 Å². The Morgan fingerprint density at radius 3 is 2.37 bits per heavy atom. The van der Waals surface area contributed by atoms with Crippen LogP contribution in [-0.4, -0.2) is 44.4 Å². The van der Waals surface area contributed by atoms with Gasteiger partial charge in [-0.3, -0.25) is 4.79 Å². The Morgan fingerprint density at radius 2 is 1.89 bits per heavy atom. The van der Waals surface area contributed by atoms with E-state index in [1.54, 1.807) is 6.92 Å². The lowest BCUT2D eigenvalue weighted by Crippen LogP contribution is -2.51. The third-order valence-corrected chi connectivity index (χ3v) is 4.77. The van der Waals surface area contributed by atoms with Gasteiger partial charge in [0.2, 0.25) is 0 Å². The minimum Gasteiger partial charge on any atom is -0.465 e. The van der Waals surface area contributed by atoms with Crippen molar-refractivity contribution in [3.8, 4) is 0 Å². The van der Waals surface area contributed by atoms with E-state index in [0.29, 0.717) is 24.9 Å². The Balaban J connectivity index is 2.67. The quantitative estimate of drug-likeness (QED) is 0.759. The fourth-order valence-corrected chi connectivity index (χ4v) is 4.01. The van der Waals surface area contributed by atoms with Crippen molar-refractivity contribution in [2.75, 3.05) is 19.7 Å². The van der Waals surface area contributed by atoms with E-state index in [1.807, 2.05) is 13.8 Å². The van der Waals surface area contributed by atoms with Crippen LogP contribution in [0.5, 0.6) is 0 Å². The zero-order valence-corrected chi connectivity index (χ0v) is 12.9. The van der Waals surface area contributed by atoms with Gasteiger partial charge in [0.05, 0.1) is 6.61 Å². The van der Waals surface area contributed by atoms with Gasteiger partial charge in [0.25, 0.3) is 10.2 Å². The number of hydrogen-bond donors (Lipinski definition) is 1. The molecule has 0 aliphatic carbocycles. The zero-order valence-electron chi connectivity index (χ0n) is 12.0. The molecule has 0 amide bonds. The van der Waals surface area contributed by atoms with E-state index in [0.717, 1.165) is 6.42 Å². The van der Waals surface area contributed by atoms with E-state index in [4.69, 9.17) is 4.74 Å². The minimum absolute atomic E-state index is 0.239. The maximum Gasteiger partial charge on any atom is 0.323 e. The van der Waals surface area contributed by atoms with Crippen LogP contribution in [0, 0.1) is 11.8 Å². The number of carbonyl (C=O) groups is 1. The third-order valence-electron chi connectivity index (χ3n) is 3.14. The molecule has 1 fully saturated rings. The molecule has 19 heavy (non-hydrogen) atoms. The van der Waals surface area contributed by atoms with Gasteiger partial charge in [0, 0.05) is 13.1 Å². The first-order valence-corrected chi connectivity index (χ1v) is 8.14. The molecule has 1 saturated heterocycles. The molecule has 1 aliphatic heterocycles. The molecule has 1 N–H and O–H groups in total. The summed E-state index contributed by atoms with van der Waals surface area (Å²) in [4.78, 5) is 11.5. The van der Waals surface area contributed by atoms with Gasteiger partial charge in [0.1, 0.15) is 6.04 Å². The summed E-state index contributed by atoms with van der Waals surface area (Å²) in [5.41, 5.74) is 0. The molecule has 0 bridgehead atoms. The number of rotatable bonds is 5. The highest BCUT2D eigenvalue weighted by atomic mass is 32.2. The van der Waals surface area contributed by atoms with E-state index in [2.05, 4.69) is 4.72 Å². The monoisotopic (exact) mass is 292 g/mol. The van der Waals surface area contributed by atoms with Gasteiger partial charge < -0.3 is 4.74 Å². The van der Waals surface area contributed by atoms with Crippen LogP contribution in [0.3, 0.4) is 0 Å². The number of nitrogens with one attached hydrogen (secondary N) is 1. The zero-order chi connectivity index (χ0) is 14.6. The second-order valence-corrected chi connectivity index (χ2v) is 7.06. The molecule has 0 spiro atoms. The third kappa shape index (κ3) is 4.74. The number of ether oxygens (including phenoxy) is 1. The molecule has 1 aliphatic rings. The number of piperidine rings is 1. The van der Waals surface area contributed by atoms with Crippen LogP contribution >= 0.6 is 0 Å². The Bertz CT molecular complexity index is 400. The van der Waals surface area contributed by atoms with E-state index in [-0.39, 0.29) is 6.61 Å². The highest BCUT2D eigenvalue weighted by Crippen LogP contribution is 2.22. The van der Waals surface area contributed by atoms with Gasteiger partial charge in [-0.1, -0.05) is 13.8 Å². The minimum atomic E-state index is -3.63. The van der Waals surface area contributed by atoms with Gasteiger partial charge in [-0.2, -0.15) is 17.4 Å². The number of esters is 1. The molecule has 0 aromatic heterocycles. The number of carbonyl (C=O) groups excluding carboxylic acids is 1. The summed E-state index contributed by atoms with van der Waals surface area (Å²) in [5, 5.41) is 0. The SMILES string of the molecule is CCOC(=O)C(C)NS(=O)(=O)N1CC(C)CC(C)C1. The highest BCUT2D eigenvalue weighted by molar-refractivity contribution is 7.87. The van der Waals surface area contributed by atoms with Crippen LogP contribution in [-0.2, 0) is 19.7 Å². The Hall–Kier alpha value is -0.660. The predicted octanol–water partition coefficient (Wildman–Crippen LogP) is 0.750. The van der Waals surface area contributed by atoms with Gasteiger partial charge in [-0.05, 0) is 32.1 Å². The van der Waals surface area contributed by atoms with Crippen molar-refractivity contribution in [2.45, 2.75) is 40.2 Å². The lowest BCUT2D eigenvalue weighted by Gasteiger charge is -2.34. The van der Waals surface area contributed by atoms with Crippen LogP contribution in [0.2, 0.25) is 0 Å². The number of nitrogens with zero attached hydrogens (tertiary/aromatic N) is 1. The molecule has 0 radical (unpaired) electrons. The van der Waals surface area contributed by atoms with Gasteiger partial charge >= 0.3 is 5.97 Å². The smallest absolute Gasteiger partial charge is 0.323 e. The number of hydrogen-bond acceptors (Lipinski definition) is 4. The lowest BCUT2D eigenvalue weighted by atomic mass is 9.94. The van der Waals surface area contributed by atoms with E-state index in [9.17, 15) is 13.2 Å². The van der Waals surface area contributed by atoms with Crippen molar-refractivity contribution in [3.63, 3.8) is 0 Å². The summed E-state index contributed by atoms with van der Waals surface area (Å²) in [6, 6.07) is -0.863. The average Bonchev–Trinajstić information content (AvgIpc) is 2.27. The first-order valence-electron chi connectivity index (χ1n) is 6.70. The van der Waals surface area contributed by atoms with Crippen molar-refractivity contribution < 1.29 is 17.9 Å². The lowest BCUT2D eigenvalue weighted by molar-refractivity contribution is -0.144. The molecule has 3 unspecified atom stereocenters. The molecule has 0 aromatic carbocycles. The summed E-state index contributed by atoms with van der Waals surface area (Å²) in [5.74, 6) is 0.112. The van der Waals surface area contributed by atoms with Crippen molar-refractivity contribution in [2.24, 2.45) is 11.8 Å². The average molecular weight is 292 g/mol. The molecule has 112 valence electrons. The molecule has 0 saturated carbocycles. The Labute approximate surface area is 115 Å². The molecule has 7 heteroatoms. The summed E-state index contributed by atoms with van der Waals surface area (Å²) in [6.45, 7) is 8.48. The summed E-state index contributed by atoms with van der Waals surface area (Å²) < 4.78 is 33.0. The van der Waals surface area contributed by atoms with Crippen LogP contribution in [0.15, 0.2) is 0 Å². The molecule has 0 aromatic rings. The predicted molar refractivity (Wildman–Crippen MR) is 72.7 cm³/mol. The van der Waals surface area contributed by atoms with Gasteiger partial charge in [-0.15, -0.1) is 0 Å². The second kappa shape index (κ2) is 6.67. The standard InChI is InChI=1S/C12H24N2O4S/c1-5-18-12(15)11(4)13-19(16,17)14-7-9(2)6-10(3)8-14/h9-11,13H,5-8H2,1-4H3. The van der Waals surface area contributed by atoms with Gasteiger partial charge in [0.15, 0.2) is 0 Å².